The van der Waals surface area contributed by atoms with E-state index in [0.717, 1.165) is 12.1 Å². The molecule has 1 rings (SSSR count). The topological polar surface area (TPSA) is 75.1 Å². The normalized spacial score (nSPS) is 13.3. The molecule has 1 aromatic heterocycles. The number of hydrogen-bond acceptors (Lipinski definition) is 4. The summed E-state index contributed by atoms with van der Waals surface area (Å²) in [7, 11) is 0. The van der Waals surface area contributed by atoms with E-state index >= 15 is 0 Å². The van der Waals surface area contributed by atoms with Gasteiger partial charge in [-0.05, 0) is 24.3 Å². The quantitative estimate of drug-likeness (QED) is 0.807. The Balaban J connectivity index is 2.46. The highest BCUT2D eigenvalue weighted by atomic mass is 16.4. The number of nitrogens with one attached hydrogen (secondary N) is 1. The average Bonchev–Trinajstić information content (AvgIpc) is 2.28. The zero-order valence-corrected chi connectivity index (χ0v) is 11.2. The summed E-state index contributed by atoms with van der Waals surface area (Å²) in [5.41, 5.74) is 0.941. The van der Waals surface area contributed by atoms with Crippen LogP contribution in [0.2, 0.25) is 0 Å². The molecule has 0 aliphatic rings. The number of aromatic nitrogens is 2. The number of carbonyl (C=O) groups is 1. The molecule has 0 saturated carbocycles. The van der Waals surface area contributed by atoms with Crippen molar-refractivity contribution in [3.63, 3.8) is 0 Å². The van der Waals surface area contributed by atoms with Gasteiger partial charge in [0.2, 0.25) is 0 Å². The first-order valence-corrected chi connectivity index (χ1v) is 6.09. The van der Waals surface area contributed by atoms with Crippen molar-refractivity contribution in [1.82, 2.24) is 15.3 Å². The van der Waals surface area contributed by atoms with E-state index in [9.17, 15) is 4.79 Å². The van der Waals surface area contributed by atoms with E-state index in [0.29, 0.717) is 13.0 Å². The van der Waals surface area contributed by atoms with Crippen molar-refractivity contribution >= 4 is 5.97 Å². The molecule has 1 atom stereocenters. The molecular formula is C13H21N3O2. The number of aliphatic carboxylic acids is 1. The molecule has 0 spiro atoms. The Labute approximate surface area is 108 Å². The Morgan fingerprint density at radius 1 is 1.50 bits per heavy atom. The van der Waals surface area contributed by atoms with Crippen molar-refractivity contribution in [3.05, 3.63) is 24.3 Å². The zero-order valence-electron chi connectivity index (χ0n) is 11.2. The minimum absolute atomic E-state index is 0.143. The van der Waals surface area contributed by atoms with Crippen LogP contribution >= 0.6 is 0 Å². The van der Waals surface area contributed by atoms with E-state index in [2.05, 4.69) is 36.1 Å². The van der Waals surface area contributed by atoms with Crippen molar-refractivity contribution in [2.24, 2.45) is 5.41 Å². The van der Waals surface area contributed by atoms with Gasteiger partial charge in [-0.25, -0.2) is 9.97 Å². The maximum Gasteiger partial charge on any atom is 0.320 e. The summed E-state index contributed by atoms with van der Waals surface area (Å²) in [6.45, 7) is 6.77. The van der Waals surface area contributed by atoms with Crippen LogP contribution in [-0.4, -0.2) is 27.1 Å². The third-order valence-electron chi connectivity index (χ3n) is 2.65. The van der Waals surface area contributed by atoms with Crippen LogP contribution in [0.5, 0.6) is 0 Å². The first-order chi connectivity index (χ1) is 8.38. The highest BCUT2D eigenvalue weighted by Crippen LogP contribution is 2.21. The van der Waals surface area contributed by atoms with E-state index in [1.165, 1.54) is 6.33 Å². The van der Waals surface area contributed by atoms with E-state index < -0.39 is 12.0 Å². The fourth-order valence-corrected chi connectivity index (χ4v) is 1.54. The monoisotopic (exact) mass is 251 g/mol. The summed E-state index contributed by atoms with van der Waals surface area (Å²) < 4.78 is 0. The highest BCUT2D eigenvalue weighted by Gasteiger charge is 2.20. The Hall–Kier alpha value is -1.49. The maximum absolute atomic E-state index is 11.1. The Bertz CT molecular complexity index is 374. The Kier molecular flexibility index (Phi) is 5.22. The van der Waals surface area contributed by atoms with Gasteiger partial charge in [-0.15, -0.1) is 0 Å². The number of carboxylic acid groups (broad SMARTS) is 1. The van der Waals surface area contributed by atoms with Gasteiger partial charge in [0.25, 0.3) is 0 Å². The summed E-state index contributed by atoms with van der Waals surface area (Å²) in [6, 6.07) is 1.24. The number of carboxylic acids is 1. The summed E-state index contributed by atoms with van der Waals surface area (Å²) in [6.07, 6.45) is 4.58. The molecule has 0 aliphatic heterocycles. The smallest absolute Gasteiger partial charge is 0.320 e. The highest BCUT2D eigenvalue weighted by molar-refractivity contribution is 5.73. The van der Waals surface area contributed by atoms with Crippen molar-refractivity contribution in [2.45, 2.75) is 46.2 Å². The van der Waals surface area contributed by atoms with Gasteiger partial charge in [-0.3, -0.25) is 10.1 Å². The van der Waals surface area contributed by atoms with Crippen LogP contribution in [0.25, 0.3) is 0 Å². The summed E-state index contributed by atoms with van der Waals surface area (Å²) in [5, 5.41) is 12.2. The molecule has 0 saturated heterocycles. The first-order valence-electron chi connectivity index (χ1n) is 6.09. The van der Waals surface area contributed by atoms with Gasteiger partial charge in [0.05, 0.1) is 5.69 Å². The standard InChI is InChI=1S/C13H21N3O2/c1-13(2,3)6-4-11(12(17)18)15-8-10-5-7-14-9-16-10/h5,7,9,11,15H,4,6,8H2,1-3H3,(H,17,18)/t11-/m0/s1. The molecule has 100 valence electrons. The lowest BCUT2D eigenvalue weighted by molar-refractivity contribution is -0.139. The van der Waals surface area contributed by atoms with Gasteiger partial charge in [0.1, 0.15) is 12.4 Å². The second-order valence-electron chi connectivity index (χ2n) is 5.57. The van der Waals surface area contributed by atoms with E-state index in [1.54, 1.807) is 12.3 Å². The lowest BCUT2D eigenvalue weighted by Gasteiger charge is -2.21. The van der Waals surface area contributed by atoms with Gasteiger partial charge < -0.3 is 5.11 Å². The minimum atomic E-state index is -0.812. The van der Waals surface area contributed by atoms with Gasteiger partial charge in [-0.1, -0.05) is 20.8 Å². The largest absolute Gasteiger partial charge is 0.480 e. The van der Waals surface area contributed by atoms with Crippen LogP contribution in [-0.2, 0) is 11.3 Å². The summed E-state index contributed by atoms with van der Waals surface area (Å²) in [5.74, 6) is -0.812. The average molecular weight is 251 g/mol. The van der Waals surface area contributed by atoms with Crippen LogP contribution in [0.1, 0.15) is 39.3 Å². The third kappa shape index (κ3) is 5.72. The Morgan fingerprint density at radius 2 is 2.22 bits per heavy atom. The fourth-order valence-electron chi connectivity index (χ4n) is 1.54. The van der Waals surface area contributed by atoms with Gasteiger partial charge in [0.15, 0.2) is 0 Å². The van der Waals surface area contributed by atoms with Crippen LogP contribution in [0.3, 0.4) is 0 Å². The fraction of sp³-hybridized carbons (Fsp3) is 0.615. The SMILES string of the molecule is CC(C)(C)CC[C@H](NCc1ccncn1)C(=O)O. The predicted octanol–water partition coefficient (Wildman–Crippen LogP) is 1.85. The molecule has 5 heteroatoms. The molecule has 0 bridgehead atoms. The second kappa shape index (κ2) is 6.44. The molecule has 0 amide bonds. The zero-order chi connectivity index (χ0) is 13.6. The molecule has 1 aromatic rings. The van der Waals surface area contributed by atoms with Crippen LogP contribution in [0, 0.1) is 5.41 Å². The number of nitrogens with zero attached hydrogens (tertiary/aromatic N) is 2. The predicted molar refractivity (Wildman–Crippen MR) is 69.0 cm³/mol. The molecule has 2 N–H and O–H groups in total. The molecule has 5 nitrogen and oxygen atoms in total. The summed E-state index contributed by atoms with van der Waals surface area (Å²) in [4.78, 5) is 19.0. The van der Waals surface area contributed by atoms with Crippen molar-refractivity contribution < 1.29 is 9.90 Å². The summed E-state index contributed by atoms with van der Waals surface area (Å²) >= 11 is 0. The van der Waals surface area contributed by atoms with Gasteiger partial charge in [0, 0.05) is 12.7 Å². The van der Waals surface area contributed by atoms with Crippen LogP contribution in [0.4, 0.5) is 0 Å². The van der Waals surface area contributed by atoms with E-state index in [1.807, 2.05) is 0 Å². The van der Waals surface area contributed by atoms with Crippen molar-refractivity contribution in [3.8, 4) is 0 Å². The van der Waals surface area contributed by atoms with Gasteiger partial charge in [-0.2, -0.15) is 0 Å². The number of rotatable bonds is 6. The first kappa shape index (κ1) is 14.6. The number of hydrogen-bond donors (Lipinski definition) is 2. The third-order valence-corrected chi connectivity index (χ3v) is 2.65. The molecule has 0 fully saturated rings. The lowest BCUT2D eigenvalue weighted by atomic mass is 9.88. The van der Waals surface area contributed by atoms with Gasteiger partial charge >= 0.3 is 5.97 Å². The maximum atomic E-state index is 11.1. The lowest BCUT2D eigenvalue weighted by Crippen LogP contribution is -2.37. The molecule has 0 aliphatic carbocycles. The molecule has 18 heavy (non-hydrogen) atoms. The molecule has 0 radical (unpaired) electrons. The van der Waals surface area contributed by atoms with Crippen molar-refractivity contribution in [1.29, 1.82) is 0 Å². The molecule has 0 aromatic carbocycles. The van der Waals surface area contributed by atoms with E-state index in [4.69, 9.17) is 5.11 Å². The van der Waals surface area contributed by atoms with Crippen molar-refractivity contribution in [2.75, 3.05) is 0 Å². The second-order valence-corrected chi connectivity index (χ2v) is 5.57. The van der Waals surface area contributed by atoms with Crippen LogP contribution < -0.4 is 5.32 Å². The minimum Gasteiger partial charge on any atom is -0.480 e. The van der Waals surface area contributed by atoms with Crippen LogP contribution in [0.15, 0.2) is 18.6 Å². The molecular weight excluding hydrogens is 230 g/mol. The molecule has 0 unspecified atom stereocenters. The molecule has 1 heterocycles. The van der Waals surface area contributed by atoms with E-state index in [-0.39, 0.29) is 5.41 Å². The Morgan fingerprint density at radius 3 is 2.72 bits per heavy atom.